The number of alkyl halides is 1. The van der Waals surface area contributed by atoms with E-state index < -0.39 is 4.92 Å². The van der Waals surface area contributed by atoms with Crippen LogP contribution in [0.4, 0.5) is 5.69 Å². The summed E-state index contributed by atoms with van der Waals surface area (Å²) in [6.07, 6.45) is 1.61. The fraction of sp³-hybridized carbons (Fsp3) is 0.111. The first-order valence-electron chi connectivity index (χ1n) is 4.53. The van der Waals surface area contributed by atoms with Gasteiger partial charge >= 0.3 is 0 Å². The molecule has 6 nitrogen and oxygen atoms in total. The number of aromatic nitrogens is 3. The third-order valence-corrected chi connectivity index (χ3v) is 2.64. The zero-order valence-electron chi connectivity index (χ0n) is 8.38. The molecule has 88 valence electrons. The van der Waals surface area contributed by atoms with Crippen molar-refractivity contribution < 1.29 is 4.92 Å². The molecule has 0 bridgehead atoms. The molecule has 0 N–H and O–H groups in total. The van der Waals surface area contributed by atoms with Gasteiger partial charge in [-0.2, -0.15) is 0 Å². The van der Waals surface area contributed by atoms with E-state index in [9.17, 15) is 10.1 Å². The highest BCUT2D eigenvalue weighted by atomic mass is 35.5. The van der Waals surface area contributed by atoms with Gasteiger partial charge in [0.05, 0.1) is 33.4 Å². The molecule has 17 heavy (non-hydrogen) atoms. The summed E-state index contributed by atoms with van der Waals surface area (Å²) in [6, 6.07) is 4.12. The summed E-state index contributed by atoms with van der Waals surface area (Å²) >= 11 is 11.5. The molecule has 0 saturated heterocycles. The van der Waals surface area contributed by atoms with Crippen LogP contribution in [-0.2, 0) is 5.88 Å². The van der Waals surface area contributed by atoms with Gasteiger partial charge in [0, 0.05) is 12.1 Å². The summed E-state index contributed by atoms with van der Waals surface area (Å²) in [5, 5.41) is 18.4. The maximum absolute atomic E-state index is 10.5. The van der Waals surface area contributed by atoms with E-state index in [4.69, 9.17) is 23.2 Å². The summed E-state index contributed by atoms with van der Waals surface area (Å²) in [5.41, 5.74) is 1.04. The molecule has 0 aliphatic carbocycles. The van der Waals surface area contributed by atoms with Crippen molar-refractivity contribution in [1.29, 1.82) is 0 Å². The Bertz CT molecular complexity index is 570. The van der Waals surface area contributed by atoms with Gasteiger partial charge in [-0.15, -0.1) is 16.7 Å². The fourth-order valence-electron chi connectivity index (χ4n) is 1.27. The minimum Gasteiger partial charge on any atom is -0.258 e. The number of hydrogen-bond donors (Lipinski definition) is 0. The number of nitrogens with zero attached hydrogens (tertiary/aromatic N) is 4. The van der Waals surface area contributed by atoms with E-state index in [1.807, 2.05) is 0 Å². The largest absolute Gasteiger partial charge is 0.271 e. The highest BCUT2D eigenvalue weighted by Gasteiger charge is 2.11. The monoisotopic (exact) mass is 272 g/mol. The van der Waals surface area contributed by atoms with Gasteiger partial charge in [0.1, 0.15) is 0 Å². The SMILES string of the molecule is O=[N+]([O-])c1ccc(-n2cc(CCl)nn2)c(Cl)c1. The summed E-state index contributed by atoms with van der Waals surface area (Å²) in [5.74, 6) is 0.241. The Morgan fingerprint density at radius 3 is 2.76 bits per heavy atom. The summed E-state index contributed by atoms with van der Waals surface area (Å²) in [4.78, 5) is 10.0. The lowest BCUT2D eigenvalue weighted by Gasteiger charge is -2.02. The lowest BCUT2D eigenvalue weighted by atomic mass is 10.3. The van der Waals surface area contributed by atoms with Crippen LogP contribution in [0.1, 0.15) is 5.69 Å². The van der Waals surface area contributed by atoms with Crippen molar-refractivity contribution in [3.8, 4) is 5.69 Å². The topological polar surface area (TPSA) is 73.8 Å². The van der Waals surface area contributed by atoms with E-state index in [0.717, 1.165) is 0 Å². The van der Waals surface area contributed by atoms with E-state index >= 15 is 0 Å². The first-order chi connectivity index (χ1) is 8.11. The Morgan fingerprint density at radius 1 is 1.47 bits per heavy atom. The molecule has 0 aliphatic heterocycles. The van der Waals surface area contributed by atoms with Crippen LogP contribution in [0.3, 0.4) is 0 Å². The molecular weight excluding hydrogens is 267 g/mol. The van der Waals surface area contributed by atoms with Crippen LogP contribution in [0.2, 0.25) is 5.02 Å². The molecule has 0 saturated carbocycles. The average molecular weight is 273 g/mol. The third-order valence-electron chi connectivity index (χ3n) is 2.07. The molecule has 1 heterocycles. The summed E-state index contributed by atoms with van der Waals surface area (Å²) < 4.78 is 1.42. The third kappa shape index (κ3) is 2.37. The number of rotatable bonds is 3. The molecule has 1 aromatic heterocycles. The lowest BCUT2D eigenvalue weighted by Crippen LogP contribution is -1.97. The van der Waals surface area contributed by atoms with Gasteiger partial charge in [-0.3, -0.25) is 10.1 Å². The molecule has 0 atom stereocenters. The average Bonchev–Trinajstić information content (AvgIpc) is 2.77. The molecule has 0 radical (unpaired) electrons. The number of halogens is 2. The first kappa shape index (κ1) is 11.8. The zero-order valence-corrected chi connectivity index (χ0v) is 9.89. The predicted molar refractivity (Wildman–Crippen MR) is 62.6 cm³/mol. The second-order valence-electron chi connectivity index (χ2n) is 3.18. The van der Waals surface area contributed by atoms with Crippen LogP contribution in [0, 0.1) is 10.1 Å². The van der Waals surface area contributed by atoms with Gasteiger partial charge in [0.25, 0.3) is 5.69 Å². The maximum atomic E-state index is 10.5. The highest BCUT2D eigenvalue weighted by molar-refractivity contribution is 6.32. The van der Waals surface area contributed by atoms with Crippen LogP contribution in [0.15, 0.2) is 24.4 Å². The van der Waals surface area contributed by atoms with Gasteiger partial charge < -0.3 is 0 Å². The van der Waals surface area contributed by atoms with Crippen molar-refractivity contribution in [1.82, 2.24) is 15.0 Å². The van der Waals surface area contributed by atoms with Crippen molar-refractivity contribution >= 4 is 28.9 Å². The Balaban J connectivity index is 2.42. The van der Waals surface area contributed by atoms with E-state index in [2.05, 4.69) is 10.3 Å². The van der Waals surface area contributed by atoms with Crippen LogP contribution < -0.4 is 0 Å². The molecule has 0 unspecified atom stereocenters. The van der Waals surface area contributed by atoms with Crippen molar-refractivity contribution in [3.05, 3.63) is 45.2 Å². The minimum absolute atomic E-state index is 0.0727. The maximum Gasteiger partial charge on any atom is 0.271 e. The molecule has 2 aromatic rings. The Kier molecular flexibility index (Phi) is 3.26. The number of nitro benzene ring substituents is 1. The van der Waals surface area contributed by atoms with Crippen LogP contribution >= 0.6 is 23.2 Å². The second kappa shape index (κ2) is 4.68. The van der Waals surface area contributed by atoms with Crippen LogP contribution in [-0.4, -0.2) is 19.9 Å². The molecule has 0 fully saturated rings. The minimum atomic E-state index is -0.513. The Morgan fingerprint density at radius 2 is 2.24 bits per heavy atom. The van der Waals surface area contributed by atoms with E-state index in [1.54, 1.807) is 6.20 Å². The summed E-state index contributed by atoms with van der Waals surface area (Å²) in [6.45, 7) is 0. The standard InChI is InChI=1S/C9H6Cl2N4O2/c10-4-6-5-14(13-12-6)9-2-1-7(15(16)17)3-8(9)11/h1-3,5H,4H2. The molecule has 1 aromatic carbocycles. The quantitative estimate of drug-likeness (QED) is 0.489. The van der Waals surface area contributed by atoms with Crippen LogP contribution in [0.25, 0.3) is 5.69 Å². The van der Waals surface area contributed by atoms with E-state index in [0.29, 0.717) is 11.4 Å². The molecule has 0 spiro atoms. The zero-order chi connectivity index (χ0) is 12.4. The smallest absolute Gasteiger partial charge is 0.258 e. The molecular formula is C9H6Cl2N4O2. The van der Waals surface area contributed by atoms with Crippen molar-refractivity contribution in [2.24, 2.45) is 0 Å². The van der Waals surface area contributed by atoms with Crippen molar-refractivity contribution in [2.75, 3.05) is 0 Å². The van der Waals surface area contributed by atoms with Gasteiger partial charge in [0.2, 0.25) is 0 Å². The van der Waals surface area contributed by atoms with Crippen LogP contribution in [0.5, 0.6) is 0 Å². The molecule has 0 aliphatic rings. The number of non-ortho nitro benzene ring substituents is 1. The van der Waals surface area contributed by atoms with Gasteiger partial charge in [-0.25, -0.2) is 4.68 Å². The Labute approximate surface area is 106 Å². The summed E-state index contributed by atoms with van der Waals surface area (Å²) in [7, 11) is 0. The number of nitro groups is 1. The fourth-order valence-corrected chi connectivity index (χ4v) is 1.66. The number of hydrogen-bond acceptors (Lipinski definition) is 4. The lowest BCUT2D eigenvalue weighted by molar-refractivity contribution is -0.384. The number of benzene rings is 1. The predicted octanol–water partition coefficient (Wildman–Crippen LogP) is 2.57. The molecule has 0 amide bonds. The van der Waals surface area contributed by atoms with Gasteiger partial charge in [0.15, 0.2) is 0 Å². The first-order valence-corrected chi connectivity index (χ1v) is 5.44. The second-order valence-corrected chi connectivity index (χ2v) is 3.86. The van der Waals surface area contributed by atoms with E-state index in [1.165, 1.54) is 22.9 Å². The molecule has 2 rings (SSSR count). The van der Waals surface area contributed by atoms with Gasteiger partial charge in [-0.1, -0.05) is 16.8 Å². The highest BCUT2D eigenvalue weighted by Crippen LogP contribution is 2.25. The normalized spacial score (nSPS) is 10.5. The van der Waals surface area contributed by atoms with Gasteiger partial charge in [-0.05, 0) is 6.07 Å². The molecule has 8 heteroatoms. The Hall–Kier alpha value is -1.66. The van der Waals surface area contributed by atoms with Crippen molar-refractivity contribution in [2.45, 2.75) is 5.88 Å². The van der Waals surface area contributed by atoms with Crippen molar-refractivity contribution in [3.63, 3.8) is 0 Å². The van der Waals surface area contributed by atoms with E-state index in [-0.39, 0.29) is 16.6 Å².